The summed E-state index contributed by atoms with van der Waals surface area (Å²) in [5.41, 5.74) is -0.309. The molecule has 3 aliphatic rings. The van der Waals surface area contributed by atoms with Crippen LogP contribution in [0.5, 0.6) is 0 Å². The van der Waals surface area contributed by atoms with Gasteiger partial charge in [0.15, 0.2) is 0 Å². The molecule has 0 aliphatic carbocycles. The van der Waals surface area contributed by atoms with Crippen LogP contribution in [0.2, 0.25) is 5.02 Å². The van der Waals surface area contributed by atoms with Crippen LogP contribution in [0.25, 0.3) is 0 Å². The molecule has 2 saturated heterocycles. The summed E-state index contributed by atoms with van der Waals surface area (Å²) in [7, 11) is 0. The fraction of sp³-hybridized carbons (Fsp3) is 0.526. The summed E-state index contributed by atoms with van der Waals surface area (Å²) in [5.74, 6) is -2.83. The number of halogens is 1. The van der Waals surface area contributed by atoms with Crippen molar-refractivity contribution in [3.05, 3.63) is 28.8 Å². The monoisotopic (exact) mass is 391 g/mol. The Morgan fingerprint density at radius 1 is 1.26 bits per heavy atom. The number of fused-ring (bicyclic) bond motifs is 4. The molecule has 4 unspecified atom stereocenters. The Hall–Kier alpha value is -1.96. The number of amides is 3. The number of carbonyl (C=O) groups excluding carboxylic acids is 3. The molecule has 1 spiro atoms. The van der Waals surface area contributed by atoms with Crippen molar-refractivity contribution in [1.82, 2.24) is 10.2 Å². The van der Waals surface area contributed by atoms with Crippen LogP contribution in [-0.2, 0) is 19.9 Å². The third-order valence-corrected chi connectivity index (χ3v) is 6.43. The predicted octanol–water partition coefficient (Wildman–Crippen LogP) is 1.24. The maximum Gasteiger partial charge on any atom is 0.250 e. The molecule has 3 amide bonds. The number of nitrogens with one attached hydrogen (secondary N) is 2. The average Bonchev–Trinajstić information content (AvgIpc) is 3.20. The van der Waals surface area contributed by atoms with Crippen molar-refractivity contribution in [3.8, 4) is 0 Å². The topological polar surface area (TPSA) is 98.7 Å². The van der Waals surface area contributed by atoms with Gasteiger partial charge in [0, 0.05) is 28.4 Å². The number of imide groups is 1. The number of carbonyl (C=O) groups is 3. The van der Waals surface area contributed by atoms with Crippen LogP contribution >= 0.6 is 11.6 Å². The van der Waals surface area contributed by atoms with Gasteiger partial charge in [0.05, 0.1) is 17.9 Å². The molecule has 3 heterocycles. The highest BCUT2D eigenvalue weighted by Crippen LogP contribution is 2.54. The minimum Gasteiger partial charge on any atom is -0.392 e. The van der Waals surface area contributed by atoms with Crippen LogP contribution in [0.1, 0.15) is 32.8 Å². The molecule has 144 valence electrons. The van der Waals surface area contributed by atoms with Gasteiger partial charge in [-0.2, -0.15) is 0 Å². The third kappa shape index (κ3) is 2.25. The second-order valence-corrected chi connectivity index (χ2v) is 8.11. The summed E-state index contributed by atoms with van der Waals surface area (Å²) >= 11 is 6.16. The van der Waals surface area contributed by atoms with E-state index in [0.29, 0.717) is 22.7 Å². The molecule has 27 heavy (non-hydrogen) atoms. The molecular formula is C19H22ClN3O4. The quantitative estimate of drug-likeness (QED) is 0.673. The van der Waals surface area contributed by atoms with Crippen molar-refractivity contribution in [2.75, 3.05) is 5.32 Å². The molecule has 0 radical (unpaired) electrons. The van der Waals surface area contributed by atoms with E-state index in [1.807, 2.05) is 13.8 Å². The first-order valence-electron chi connectivity index (χ1n) is 9.18. The molecule has 0 saturated carbocycles. The van der Waals surface area contributed by atoms with Crippen LogP contribution in [0.15, 0.2) is 18.2 Å². The first-order valence-corrected chi connectivity index (χ1v) is 9.56. The number of likely N-dealkylation sites (tertiary alicyclic amines) is 1. The first-order chi connectivity index (χ1) is 12.7. The Kier molecular flexibility index (Phi) is 4.10. The number of aliphatic hydroxyl groups is 1. The minimum absolute atomic E-state index is 0.273. The van der Waals surface area contributed by atoms with Crippen LogP contribution < -0.4 is 10.6 Å². The van der Waals surface area contributed by atoms with Crippen molar-refractivity contribution in [3.63, 3.8) is 0 Å². The lowest BCUT2D eigenvalue weighted by atomic mass is 9.76. The van der Waals surface area contributed by atoms with Crippen molar-refractivity contribution < 1.29 is 19.5 Å². The molecule has 3 aliphatic heterocycles. The Balaban J connectivity index is 1.92. The molecule has 2 fully saturated rings. The third-order valence-electron chi connectivity index (χ3n) is 6.20. The summed E-state index contributed by atoms with van der Waals surface area (Å²) < 4.78 is 0. The molecule has 1 aromatic rings. The lowest BCUT2D eigenvalue weighted by molar-refractivity contribution is -0.145. The fourth-order valence-corrected chi connectivity index (χ4v) is 4.93. The normalized spacial score (nSPS) is 34.0. The minimum atomic E-state index is -1.42. The van der Waals surface area contributed by atoms with E-state index in [1.165, 1.54) is 4.90 Å². The Bertz CT molecular complexity index is 857. The zero-order valence-corrected chi connectivity index (χ0v) is 16.1. The molecule has 8 heteroatoms. The maximum atomic E-state index is 13.3. The molecule has 1 aromatic carbocycles. The van der Waals surface area contributed by atoms with E-state index in [1.54, 1.807) is 25.1 Å². The van der Waals surface area contributed by atoms with Gasteiger partial charge in [-0.1, -0.05) is 18.5 Å². The lowest BCUT2D eigenvalue weighted by Gasteiger charge is -2.31. The summed E-state index contributed by atoms with van der Waals surface area (Å²) in [6.45, 7) is 5.27. The summed E-state index contributed by atoms with van der Waals surface area (Å²) in [4.78, 5) is 40.8. The largest absolute Gasteiger partial charge is 0.392 e. The first kappa shape index (κ1) is 18.4. The number of nitrogens with zero attached hydrogens (tertiary/aromatic N) is 1. The van der Waals surface area contributed by atoms with Crippen LogP contribution in [0, 0.1) is 11.8 Å². The molecule has 0 bridgehead atoms. The van der Waals surface area contributed by atoms with Gasteiger partial charge in [-0.05, 0) is 38.5 Å². The van der Waals surface area contributed by atoms with E-state index in [-0.39, 0.29) is 17.9 Å². The van der Waals surface area contributed by atoms with Crippen molar-refractivity contribution in [2.45, 2.75) is 50.9 Å². The Morgan fingerprint density at radius 2 is 1.96 bits per heavy atom. The van der Waals surface area contributed by atoms with Gasteiger partial charge in [-0.3, -0.25) is 24.6 Å². The summed E-state index contributed by atoms with van der Waals surface area (Å²) in [6.07, 6.45) is -0.299. The van der Waals surface area contributed by atoms with E-state index >= 15 is 0 Å². The van der Waals surface area contributed by atoms with E-state index in [9.17, 15) is 19.5 Å². The van der Waals surface area contributed by atoms with Gasteiger partial charge in [-0.15, -0.1) is 0 Å². The standard InChI is InChI=1S/C19H22ClN3O4/c1-4-8(2)23-16(25)13-14(17(23)26)19(22-15(13)9(3)24)11-7-10(20)5-6-12(11)21-18(19)27/h5-9,13-15,22,24H,4H2,1-3H3,(H,21,27)/t8?,9?,13-,14-,15?,19?/m0/s1. The fourth-order valence-electron chi connectivity index (χ4n) is 4.76. The molecule has 0 aromatic heterocycles. The molecule has 7 nitrogen and oxygen atoms in total. The summed E-state index contributed by atoms with van der Waals surface area (Å²) in [6, 6.07) is 4.00. The highest BCUT2D eigenvalue weighted by atomic mass is 35.5. The molecular weight excluding hydrogens is 370 g/mol. The molecule has 4 rings (SSSR count). The maximum absolute atomic E-state index is 13.3. The number of hydrogen-bond acceptors (Lipinski definition) is 5. The second-order valence-electron chi connectivity index (χ2n) is 7.67. The SMILES string of the molecule is CCC(C)N1C(=O)[C@@H]2C(C(C)O)NC3(C(=O)Nc4ccc(Cl)cc43)[C@@H]2C1=O. The average molecular weight is 392 g/mol. The highest BCUT2D eigenvalue weighted by molar-refractivity contribution is 6.31. The van der Waals surface area contributed by atoms with Gasteiger partial charge in [-0.25, -0.2) is 0 Å². The van der Waals surface area contributed by atoms with Crippen LogP contribution in [-0.4, -0.2) is 45.9 Å². The van der Waals surface area contributed by atoms with Gasteiger partial charge in [0.25, 0.3) is 0 Å². The van der Waals surface area contributed by atoms with Crippen molar-refractivity contribution in [2.24, 2.45) is 11.8 Å². The van der Waals surface area contributed by atoms with E-state index < -0.39 is 35.4 Å². The van der Waals surface area contributed by atoms with Crippen LogP contribution in [0.4, 0.5) is 5.69 Å². The number of benzene rings is 1. The number of hydrogen-bond donors (Lipinski definition) is 3. The van der Waals surface area contributed by atoms with E-state index in [0.717, 1.165) is 0 Å². The zero-order valence-electron chi connectivity index (χ0n) is 15.3. The van der Waals surface area contributed by atoms with Crippen molar-refractivity contribution >= 4 is 35.0 Å². The van der Waals surface area contributed by atoms with Gasteiger partial charge in [0.2, 0.25) is 17.7 Å². The lowest BCUT2D eigenvalue weighted by Crippen LogP contribution is -2.55. The van der Waals surface area contributed by atoms with E-state index in [4.69, 9.17) is 11.6 Å². The molecule has 3 N–H and O–H groups in total. The number of aliphatic hydroxyl groups excluding tert-OH is 1. The summed E-state index contributed by atoms with van der Waals surface area (Å²) in [5, 5.41) is 16.7. The number of rotatable bonds is 3. The predicted molar refractivity (Wildman–Crippen MR) is 99.0 cm³/mol. The van der Waals surface area contributed by atoms with E-state index in [2.05, 4.69) is 10.6 Å². The zero-order chi connectivity index (χ0) is 19.7. The van der Waals surface area contributed by atoms with Crippen molar-refractivity contribution in [1.29, 1.82) is 0 Å². The van der Waals surface area contributed by atoms with Gasteiger partial charge >= 0.3 is 0 Å². The highest BCUT2D eigenvalue weighted by Gasteiger charge is 2.71. The molecule has 6 atom stereocenters. The second kappa shape index (κ2) is 6.02. The van der Waals surface area contributed by atoms with Gasteiger partial charge < -0.3 is 10.4 Å². The Labute approximate surface area is 162 Å². The van der Waals surface area contributed by atoms with Gasteiger partial charge in [0.1, 0.15) is 5.54 Å². The smallest absolute Gasteiger partial charge is 0.250 e. The van der Waals surface area contributed by atoms with Crippen LogP contribution in [0.3, 0.4) is 0 Å². The Morgan fingerprint density at radius 3 is 2.59 bits per heavy atom. The number of anilines is 1.